The highest BCUT2D eigenvalue weighted by Crippen LogP contribution is 2.54. The van der Waals surface area contributed by atoms with Crippen molar-refractivity contribution in [3.05, 3.63) is 331 Å². The molecule has 133 heavy (non-hydrogen) atoms. The van der Waals surface area contributed by atoms with Crippen molar-refractivity contribution in [2.75, 3.05) is 57.2 Å². The summed E-state index contributed by atoms with van der Waals surface area (Å²) in [5.74, 6) is 7.78. The molecule has 666 valence electrons. The molecular weight excluding hydrogens is 1910 g/mol. The van der Waals surface area contributed by atoms with Gasteiger partial charge in [-0.3, -0.25) is 0 Å². The van der Waals surface area contributed by atoms with Crippen molar-refractivity contribution in [1.29, 1.82) is 0 Å². The standard InChI is InChI=1S/C18H19N5.C16H14BrN5O.C16H14BrN5S.C16H14BrN5.C15H13N5O.C15H13N5S/c1-18(2)13-7-3-5-9-15(13)23(12-11-17-19-21-22-20-17)16-10-6-4-8-14(16)18;2*1-10-2-4-12-14(8-10)23-15-9-11(17)3-5-13(15)22(12)7-6-16-18-20-21-19-16;1-10-2-4-12-13-5-3-11(17)9-15(13)22(14(12)8-10)7-6-16-18-20-21-19-16;2*1-3-7-13-11(5-1)20(10-9-15-16-18-19-17-15)12-6-2-4-8-14(12)21-13/h3-10H,11-12H2,1-2H3,(H,19,20,21,22);2*2-5,8-9H,6-7H2,1H3,(H,18,19,20,21);2-5,8-9H,6-7H2,1H3,(H,18,19,20,21);2*1-8H,9-10H2,(H,16,17,18,19). The molecule has 0 unspecified atom stereocenters. The summed E-state index contributed by atoms with van der Waals surface area (Å²) in [6.07, 6.45) is 4.39. The molecule has 19 aromatic rings. The van der Waals surface area contributed by atoms with Gasteiger partial charge in [-0.05, 0) is 188 Å². The molecule has 5 aliphatic heterocycles. The van der Waals surface area contributed by atoms with Gasteiger partial charge in [0.1, 0.15) is 0 Å². The smallest absolute Gasteiger partial charge is 0.176 e. The number of aromatic nitrogens is 25. The normalized spacial score (nSPS) is 12.9. The number of aromatic amines is 6. The SMILES string of the molecule is CC1(C)c2ccccc2N(CCc2nn[nH]n2)c2ccccc21.Cc1ccc2c(c1)Oc1cc(Br)ccc1N2CCc1nn[nH]n1.Cc1ccc2c(c1)Sc1cc(Br)ccc1N2CCc1nn[nH]n1.Cc1ccc2c3ccc(Br)cc3n(CCc3nn[nH]n3)c2c1.c1ccc2c(c1)Oc1ccccc1N2CCc1nn[nH]n1.c1ccc2c(c1)Sc1ccccc1N2CCc1nn[nH]n1. The van der Waals surface area contributed by atoms with Crippen molar-refractivity contribution < 1.29 is 9.47 Å². The Morgan fingerprint density at radius 3 is 1.05 bits per heavy atom. The molecule has 0 atom stereocenters. The van der Waals surface area contributed by atoms with E-state index < -0.39 is 0 Å². The van der Waals surface area contributed by atoms with Crippen molar-refractivity contribution in [3.8, 4) is 23.0 Å². The van der Waals surface area contributed by atoms with E-state index in [2.05, 4.69) is 441 Å². The van der Waals surface area contributed by atoms with Crippen LogP contribution in [0.15, 0.2) is 288 Å². The molecule has 7 aromatic heterocycles. The quantitative estimate of drug-likeness (QED) is 0.0465. The van der Waals surface area contributed by atoms with E-state index in [-0.39, 0.29) is 5.41 Å². The van der Waals surface area contributed by atoms with Gasteiger partial charge in [0.05, 0.1) is 51.0 Å². The van der Waals surface area contributed by atoms with Crippen LogP contribution in [-0.2, 0) is 50.5 Å². The number of tetrazole rings is 6. The third-order valence-corrected chi connectivity index (χ3v) is 26.9. The average Bonchev–Trinajstić information content (AvgIpc) is 1.28. The minimum atomic E-state index is -0.00414. The number of rotatable bonds is 18. The minimum absolute atomic E-state index is 0.00414. The Morgan fingerprint density at radius 2 is 0.579 bits per heavy atom. The molecule has 0 saturated carbocycles. The van der Waals surface area contributed by atoms with E-state index in [1.54, 1.807) is 0 Å². The number of fused-ring (bicyclic) bond motifs is 13. The molecule has 37 heteroatoms. The summed E-state index contributed by atoms with van der Waals surface area (Å²) in [7, 11) is 0. The number of hydrogen-bond donors (Lipinski definition) is 6. The molecule has 12 heterocycles. The monoisotopic (exact) mass is 1990 g/mol. The van der Waals surface area contributed by atoms with Gasteiger partial charge < -0.3 is 38.5 Å². The number of hydrogen-bond acceptors (Lipinski definition) is 27. The van der Waals surface area contributed by atoms with Crippen LogP contribution in [0, 0.1) is 20.8 Å². The summed E-state index contributed by atoms with van der Waals surface area (Å²) in [6, 6.07) is 88.6. The van der Waals surface area contributed by atoms with E-state index in [1.807, 2.05) is 72.1 Å². The van der Waals surface area contributed by atoms with Crippen LogP contribution in [0.3, 0.4) is 0 Å². The summed E-state index contributed by atoms with van der Waals surface area (Å²) < 4.78 is 17.5. The van der Waals surface area contributed by atoms with Gasteiger partial charge in [-0.15, -0.1) is 61.2 Å². The topological polar surface area (TPSA) is 366 Å². The highest BCUT2D eigenvalue weighted by molar-refractivity contribution is 9.11. The number of benzene rings is 12. The number of ether oxygens (including phenoxy) is 2. The van der Waals surface area contributed by atoms with Crippen molar-refractivity contribution in [2.24, 2.45) is 0 Å². The molecular formula is C96H87Br3N30O2S2. The van der Waals surface area contributed by atoms with Gasteiger partial charge in [0.15, 0.2) is 57.9 Å². The van der Waals surface area contributed by atoms with Crippen LogP contribution in [0.2, 0.25) is 0 Å². The molecule has 0 radical (unpaired) electrons. The lowest BCUT2D eigenvalue weighted by Gasteiger charge is -2.41. The van der Waals surface area contributed by atoms with Gasteiger partial charge in [-0.2, -0.15) is 31.3 Å². The van der Waals surface area contributed by atoms with Gasteiger partial charge in [-0.1, -0.05) is 232 Å². The maximum Gasteiger partial charge on any atom is 0.176 e. The van der Waals surface area contributed by atoms with Crippen LogP contribution in [0.5, 0.6) is 23.0 Å². The predicted molar refractivity (Wildman–Crippen MR) is 524 cm³/mol. The highest BCUT2D eigenvalue weighted by atomic mass is 79.9. The maximum absolute atomic E-state index is 6.08. The van der Waals surface area contributed by atoms with E-state index in [9.17, 15) is 0 Å². The van der Waals surface area contributed by atoms with Crippen LogP contribution in [0.1, 0.15) is 76.6 Å². The number of para-hydroxylation sites is 8. The number of H-pyrrole nitrogens is 6. The lowest BCUT2D eigenvalue weighted by molar-refractivity contribution is 0.472. The number of anilines is 10. The van der Waals surface area contributed by atoms with Crippen LogP contribution < -0.4 is 34.0 Å². The summed E-state index contributed by atoms with van der Waals surface area (Å²) in [5, 5.41) is 87.7. The molecule has 32 nitrogen and oxygen atoms in total. The first-order valence-electron chi connectivity index (χ1n) is 43.1. The van der Waals surface area contributed by atoms with E-state index in [0.717, 1.165) is 147 Å². The van der Waals surface area contributed by atoms with E-state index in [0.29, 0.717) is 24.5 Å². The predicted octanol–water partition coefficient (Wildman–Crippen LogP) is 20.4. The summed E-state index contributed by atoms with van der Waals surface area (Å²) in [4.78, 5) is 16.6. The highest BCUT2D eigenvalue weighted by Gasteiger charge is 2.37. The van der Waals surface area contributed by atoms with E-state index >= 15 is 0 Å². The fourth-order valence-electron chi connectivity index (χ4n) is 16.9. The average molecular weight is 2000 g/mol. The fourth-order valence-corrected chi connectivity index (χ4v) is 20.4. The largest absolute Gasteiger partial charge is 0.453 e. The van der Waals surface area contributed by atoms with E-state index in [1.165, 1.54) is 103 Å². The first-order chi connectivity index (χ1) is 65.1. The number of nitrogens with zero attached hydrogens (tertiary/aromatic N) is 24. The fraction of sp³-hybridized carbons (Fsp3) is 0.188. The minimum Gasteiger partial charge on any atom is -0.453 e. The number of nitrogens with one attached hydrogen (secondary N) is 6. The summed E-state index contributed by atoms with van der Waals surface area (Å²) >= 11 is 14.3. The third kappa shape index (κ3) is 19.8. The Labute approximate surface area is 797 Å². The lowest BCUT2D eigenvalue weighted by Crippen LogP contribution is -2.34. The molecule has 0 bridgehead atoms. The molecule has 0 amide bonds. The molecule has 5 aliphatic rings. The molecule has 6 N–H and O–H groups in total. The number of halogens is 3. The third-order valence-electron chi connectivity index (χ3n) is 23.2. The van der Waals surface area contributed by atoms with Crippen molar-refractivity contribution >= 4 is 150 Å². The Morgan fingerprint density at radius 1 is 0.278 bits per heavy atom. The summed E-state index contributed by atoms with van der Waals surface area (Å²) in [5.41, 5.74) is 20.5. The van der Waals surface area contributed by atoms with E-state index in [4.69, 9.17) is 9.47 Å². The molecule has 0 spiro atoms. The Hall–Kier alpha value is -14.4. The van der Waals surface area contributed by atoms with Crippen molar-refractivity contribution in [1.82, 2.24) is 128 Å². The van der Waals surface area contributed by atoms with Crippen LogP contribution in [-0.4, -0.2) is 161 Å². The van der Waals surface area contributed by atoms with Crippen LogP contribution >= 0.6 is 71.3 Å². The zero-order valence-electron chi connectivity index (χ0n) is 72.7. The zero-order valence-corrected chi connectivity index (χ0v) is 79.1. The molecule has 12 aromatic carbocycles. The van der Waals surface area contributed by atoms with Crippen molar-refractivity contribution in [2.45, 2.75) is 105 Å². The zero-order chi connectivity index (χ0) is 90.7. The second-order valence-electron chi connectivity index (χ2n) is 32.2. The van der Waals surface area contributed by atoms with Gasteiger partial charge in [-0.25, -0.2) is 0 Å². The Kier molecular flexibility index (Phi) is 26.5. The first kappa shape index (κ1) is 87.9. The summed E-state index contributed by atoms with van der Waals surface area (Å²) in [6.45, 7) is 15.7. The Balaban J connectivity index is 0.000000103. The van der Waals surface area contributed by atoms with Crippen LogP contribution in [0.25, 0.3) is 21.8 Å². The number of aryl methyl sites for hydroxylation is 5. The maximum atomic E-state index is 6.08. The second kappa shape index (κ2) is 40.1. The lowest BCUT2D eigenvalue weighted by atomic mass is 9.73. The van der Waals surface area contributed by atoms with Crippen molar-refractivity contribution in [3.63, 3.8) is 0 Å². The molecule has 24 rings (SSSR count). The molecule has 0 fully saturated rings. The van der Waals surface area contributed by atoms with Gasteiger partial charge in [0.25, 0.3) is 0 Å². The van der Waals surface area contributed by atoms with Gasteiger partial charge in [0, 0.05) is 144 Å². The molecule has 0 aliphatic carbocycles. The van der Waals surface area contributed by atoms with Gasteiger partial charge >= 0.3 is 0 Å². The first-order valence-corrected chi connectivity index (χ1v) is 47.1. The van der Waals surface area contributed by atoms with Crippen LogP contribution in [0.4, 0.5) is 56.9 Å². The van der Waals surface area contributed by atoms with Gasteiger partial charge in [0.2, 0.25) is 0 Å². The second-order valence-corrected chi connectivity index (χ2v) is 37.1. The Bertz CT molecular complexity index is 6620. The molecule has 0 saturated heterocycles.